The van der Waals surface area contributed by atoms with E-state index < -0.39 is 19.4 Å². The Morgan fingerprint density at radius 3 is 2.57 bits per heavy atom. The zero-order valence-corrected chi connectivity index (χ0v) is 3.56. The molecule has 0 aromatic carbocycles. The lowest BCUT2D eigenvalue weighted by molar-refractivity contribution is -0.152. The van der Waals surface area contributed by atoms with E-state index in [1.807, 2.05) is 0 Å². The van der Waals surface area contributed by atoms with Gasteiger partial charge >= 0.3 is 5.97 Å². The van der Waals surface area contributed by atoms with E-state index in [-0.39, 0.29) is 0 Å². The summed E-state index contributed by atoms with van der Waals surface area (Å²) >= 11 is 0. The minimum absolute atomic E-state index is 0.747. The Kier molecular flexibility index (Phi) is 3.22. The Balaban J connectivity index is 3.00. The van der Waals surface area contributed by atoms with Crippen molar-refractivity contribution in [2.45, 2.75) is 0 Å². The first-order chi connectivity index (χ1) is 3.31. The number of carbonyl (C=O) groups excluding carboxylic acids is 1. The van der Waals surface area contributed by atoms with Crippen LogP contribution in [0.25, 0.3) is 0 Å². The molecule has 1 N–H and O–H groups in total. The van der Waals surface area contributed by atoms with Crippen molar-refractivity contribution in [2.24, 2.45) is 0 Å². The van der Waals surface area contributed by atoms with Crippen molar-refractivity contribution >= 4 is 5.97 Å². The van der Waals surface area contributed by atoms with E-state index in [0.29, 0.717) is 0 Å². The van der Waals surface area contributed by atoms with Gasteiger partial charge in [0.15, 0.2) is 13.5 Å². The van der Waals surface area contributed by atoms with Crippen LogP contribution in [0.2, 0.25) is 0 Å². The number of esters is 1. The van der Waals surface area contributed by atoms with Crippen LogP contribution in [0.15, 0.2) is 0 Å². The Labute approximate surface area is 39.7 Å². The molecule has 7 heavy (non-hydrogen) atoms. The third-order valence-electron chi connectivity index (χ3n) is 0.335. The van der Waals surface area contributed by atoms with Crippen LogP contribution in [0.1, 0.15) is 0 Å². The lowest BCUT2D eigenvalue weighted by Gasteiger charge is -1.91. The molecule has 0 aromatic heterocycles. The number of ether oxygens (including phenoxy) is 1. The summed E-state index contributed by atoms with van der Waals surface area (Å²) in [7, 11) is 0. The summed E-state index contributed by atoms with van der Waals surface area (Å²) in [6.07, 6.45) is 0. The molecule has 0 unspecified atom stereocenters. The summed E-state index contributed by atoms with van der Waals surface area (Å²) in [5, 5.41) is 7.76. The molecule has 0 radical (unpaired) electrons. The molecule has 4 heteroatoms. The lowest BCUT2D eigenvalue weighted by atomic mass is 10.8. The second-order valence-electron chi connectivity index (χ2n) is 0.779. The second kappa shape index (κ2) is 3.55. The highest BCUT2D eigenvalue weighted by Gasteiger charge is 1.95. The third kappa shape index (κ3) is 3.18. The van der Waals surface area contributed by atoms with Gasteiger partial charge in [0.05, 0.1) is 0 Å². The van der Waals surface area contributed by atoms with Crippen molar-refractivity contribution in [1.82, 2.24) is 0 Å². The van der Waals surface area contributed by atoms with Crippen molar-refractivity contribution in [2.75, 3.05) is 13.5 Å². The standard InChI is InChI=1S/C3H5FO3/c4-1-3(6)7-2-5/h5H,1-2H2. The molecule has 3 nitrogen and oxygen atoms in total. The van der Waals surface area contributed by atoms with Gasteiger partial charge in [0.1, 0.15) is 0 Å². The SMILES string of the molecule is O=C(CF)OCO. The number of aliphatic hydroxyl groups is 1. The molecule has 42 valence electrons. The van der Waals surface area contributed by atoms with Crippen LogP contribution in [0.5, 0.6) is 0 Å². The van der Waals surface area contributed by atoms with Crippen LogP contribution in [-0.4, -0.2) is 24.5 Å². The quantitative estimate of drug-likeness (QED) is 0.381. The maximum absolute atomic E-state index is 11.0. The molecule has 0 saturated carbocycles. The van der Waals surface area contributed by atoms with E-state index in [1.54, 1.807) is 0 Å². The molecule has 0 fully saturated rings. The van der Waals surface area contributed by atoms with Crippen LogP contribution in [0.4, 0.5) is 4.39 Å². The van der Waals surface area contributed by atoms with E-state index >= 15 is 0 Å². The molecule has 0 aliphatic carbocycles. The van der Waals surface area contributed by atoms with E-state index in [2.05, 4.69) is 4.74 Å². The van der Waals surface area contributed by atoms with Gasteiger partial charge in [0.25, 0.3) is 0 Å². The number of alkyl halides is 1. The predicted octanol–water partition coefficient (Wildman–Crippen LogP) is -0.551. The number of hydrogen-bond acceptors (Lipinski definition) is 3. The first-order valence-corrected chi connectivity index (χ1v) is 1.63. The summed E-state index contributed by atoms with van der Waals surface area (Å²) in [6.45, 7) is -1.93. The number of carbonyl (C=O) groups is 1. The van der Waals surface area contributed by atoms with Crippen molar-refractivity contribution in [3.05, 3.63) is 0 Å². The Bertz CT molecular complexity index is 63.2. The number of aliphatic hydroxyl groups excluding tert-OH is 1. The minimum Gasteiger partial charge on any atom is -0.437 e. The predicted molar refractivity (Wildman–Crippen MR) is 19.2 cm³/mol. The lowest BCUT2D eigenvalue weighted by Crippen LogP contribution is -2.06. The summed E-state index contributed by atoms with van der Waals surface area (Å²) < 4.78 is 14.7. The zero-order chi connectivity index (χ0) is 5.70. The highest BCUT2D eigenvalue weighted by atomic mass is 19.1. The van der Waals surface area contributed by atoms with Crippen LogP contribution < -0.4 is 0 Å². The second-order valence-corrected chi connectivity index (χ2v) is 0.779. The number of halogens is 1. The van der Waals surface area contributed by atoms with Crippen molar-refractivity contribution < 1.29 is 19.0 Å². The van der Waals surface area contributed by atoms with E-state index in [9.17, 15) is 9.18 Å². The molecule has 0 aliphatic rings. The van der Waals surface area contributed by atoms with Crippen molar-refractivity contribution in [1.29, 1.82) is 0 Å². The maximum Gasteiger partial charge on any atom is 0.339 e. The van der Waals surface area contributed by atoms with Crippen LogP contribution in [-0.2, 0) is 9.53 Å². The first kappa shape index (κ1) is 6.36. The molecular weight excluding hydrogens is 103 g/mol. The summed E-state index contributed by atoms with van der Waals surface area (Å²) in [4.78, 5) is 9.65. The van der Waals surface area contributed by atoms with Gasteiger partial charge in [-0.15, -0.1) is 0 Å². The molecule has 0 spiro atoms. The smallest absolute Gasteiger partial charge is 0.339 e. The largest absolute Gasteiger partial charge is 0.437 e. The highest BCUT2D eigenvalue weighted by molar-refractivity contribution is 5.70. The van der Waals surface area contributed by atoms with E-state index in [4.69, 9.17) is 5.11 Å². The average molecular weight is 108 g/mol. The minimum atomic E-state index is -1.18. The van der Waals surface area contributed by atoms with Gasteiger partial charge in [-0.25, -0.2) is 9.18 Å². The van der Waals surface area contributed by atoms with E-state index in [0.717, 1.165) is 0 Å². The van der Waals surface area contributed by atoms with Gasteiger partial charge in [0, 0.05) is 0 Å². The summed E-state index contributed by atoms with van der Waals surface area (Å²) in [5.41, 5.74) is 0. The highest BCUT2D eigenvalue weighted by Crippen LogP contribution is 1.74. The van der Waals surface area contributed by atoms with Gasteiger partial charge in [-0.3, -0.25) is 0 Å². The first-order valence-electron chi connectivity index (χ1n) is 1.63. The van der Waals surface area contributed by atoms with E-state index in [1.165, 1.54) is 0 Å². The molecule has 0 atom stereocenters. The fourth-order valence-electron chi connectivity index (χ4n) is 0.111. The van der Waals surface area contributed by atoms with Crippen LogP contribution in [0.3, 0.4) is 0 Å². The van der Waals surface area contributed by atoms with Crippen LogP contribution >= 0.6 is 0 Å². The topological polar surface area (TPSA) is 46.5 Å². The normalized spacial score (nSPS) is 8.29. The fourth-order valence-corrected chi connectivity index (χ4v) is 0.111. The van der Waals surface area contributed by atoms with Gasteiger partial charge in [0.2, 0.25) is 0 Å². The van der Waals surface area contributed by atoms with Crippen molar-refractivity contribution in [3.8, 4) is 0 Å². The van der Waals surface area contributed by atoms with Gasteiger partial charge in [-0.1, -0.05) is 0 Å². The van der Waals surface area contributed by atoms with Crippen LogP contribution in [0, 0.1) is 0 Å². The number of hydrogen-bond donors (Lipinski definition) is 1. The molecule has 0 saturated heterocycles. The Morgan fingerprint density at radius 1 is 1.86 bits per heavy atom. The molecule has 0 aromatic rings. The Hall–Kier alpha value is -0.640. The monoisotopic (exact) mass is 108 g/mol. The molecule has 0 rings (SSSR count). The summed E-state index contributed by atoms with van der Waals surface area (Å²) in [5.74, 6) is -1.04. The summed E-state index contributed by atoms with van der Waals surface area (Å²) in [6, 6.07) is 0. The Morgan fingerprint density at radius 2 is 2.43 bits per heavy atom. The third-order valence-corrected chi connectivity index (χ3v) is 0.335. The molecule has 0 amide bonds. The van der Waals surface area contributed by atoms with Gasteiger partial charge < -0.3 is 9.84 Å². The van der Waals surface area contributed by atoms with Crippen molar-refractivity contribution in [3.63, 3.8) is 0 Å². The van der Waals surface area contributed by atoms with Gasteiger partial charge in [-0.05, 0) is 0 Å². The molecule has 0 heterocycles. The molecule has 0 aliphatic heterocycles. The van der Waals surface area contributed by atoms with Gasteiger partial charge in [-0.2, -0.15) is 0 Å². The average Bonchev–Trinajstić information content (AvgIpc) is 1.68. The maximum atomic E-state index is 11.0. The fraction of sp³-hybridized carbons (Fsp3) is 0.667. The molecule has 0 bridgehead atoms. The zero-order valence-electron chi connectivity index (χ0n) is 3.56. The molecular formula is C3H5FO3. The number of rotatable bonds is 2.